The average Bonchev–Trinajstić information content (AvgIpc) is 3.25. The lowest BCUT2D eigenvalue weighted by molar-refractivity contribution is -0.125. The molecule has 2 aromatic heterocycles. The highest BCUT2D eigenvalue weighted by Crippen LogP contribution is 2.32. The van der Waals surface area contributed by atoms with E-state index < -0.39 is 6.04 Å². The van der Waals surface area contributed by atoms with Gasteiger partial charge in [0.2, 0.25) is 11.9 Å². The summed E-state index contributed by atoms with van der Waals surface area (Å²) in [6.45, 7) is 7.58. The number of anilines is 2. The van der Waals surface area contributed by atoms with E-state index >= 15 is 0 Å². The van der Waals surface area contributed by atoms with Gasteiger partial charge in [-0.3, -0.25) is 9.59 Å². The van der Waals surface area contributed by atoms with Gasteiger partial charge in [0.15, 0.2) is 0 Å². The number of aromatic nitrogens is 3. The number of carbonyl (C=O) groups is 2. The van der Waals surface area contributed by atoms with Gasteiger partial charge < -0.3 is 25.8 Å². The number of carbonyl (C=O) groups excluding carboxylic acids is 2. The van der Waals surface area contributed by atoms with Gasteiger partial charge in [-0.2, -0.15) is 0 Å². The molecule has 0 unspecified atom stereocenters. The van der Waals surface area contributed by atoms with Crippen LogP contribution in [0.5, 0.6) is 0 Å². The number of hydrogen-bond acceptors (Lipinski definition) is 8. The molecule has 1 aromatic carbocycles. The van der Waals surface area contributed by atoms with Gasteiger partial charge in [0, 0.05) is 50.0 Å². The summed E-state index contributed by atoms with van der Waals surface area (Å²) in [6, 6.07) is 6.27. The number of piperazine rings is 1. The van der Waals surface area contributed by atoms with E-state index in [1.54, 1.807) is 24.1 Å². The van der Waals surface area contributed by atoms with Crippen LogP contribution in [0.2, 0.25) is 10.0 Å². The van der Waals surface area contributed by atoms with Crippen molar-refractivity contribution in [1.29, 1.82) is 0 Å². The zero-order valence-corrected chi connectivity index (χ0v) is 23.5. The minimum atomic E-state index is -0.702. The third kappa shape index (κ3) is 5.50. The Labute approximate surface area is 237 Å². The first-order chi connectivity index (χ1) is 18.6. The number of likely N-dealkylation sites (N-methyl/N-ethyl adjacent to an activating group) is 1. The summed E-state index contributed by atoms with van der Waals surface area (Å²) < 4.78 is 0. The molecule has 204 valence electrons. The largest absolute Gasteiger partial charge is 0.368 e. The Kier molecular flexibility index (Phi) is 7.61. The zero-order chi connectivity index (χ0) is 27.8. The molecule has 10 nitrogen and oxygen atoms in total. The molecule has 2 aliphatic rings. The van der Waals surface area contributed by atoms with Crippen molar-refractivity contribution in [1.82, 2.24) is 30.1 Å². The molecule has 3 aromatic rings. The molecule has 1 saturated heterocycles. The SMILES string of the molecule is C[C@H](C(=O)N[C@H](C)c1cc(N2CCN(C)CC2)ncc1Cl)N1Cc2ccc(-c3nc(N)ncc3Cl)cc2C1=O. The lowest BCUT2D eigenvalue weighted by Gasteiger charge is -2.33. The highest BCUT2D eigenvalue weighted by atomic mass is 35.5. The van der Waals surface area contributed by atoms with Crippen molar-refractivity contribution in [3.05, 3.63) is 63.4 Å². The maximum atomic E-state index is 13.3. The molecule has 2 amide bonds. The monoisotopic (exact) mass is 568 g/mol. The van der Waals surface area contributed by atoms with Gasteiger partial charge in [0.05, 0.1) is 28.0 Å². The lowest BCUT2D eigenvalue weighted by Crippen LogP contribution is -2.46. The Morgan fingerprint density at radius 3 is 2.51 bits per heavy atom. The van der Waals surface area contributed by atoms with E-state index in [-0.39, 0.29) is 23.8 Å². The summed E-state index contributed by atoms with van der Waals surface area (Å²) in [5.41, 5.74) is 8.93. The minimum absolute atomic E-state index is 0.0900. The quantitative estimate of drug-likeness (QED) is 0.464. The number of rotatable bonds is 6. The van der Waals surface area contributed by atoms with Crippen molar-refractivity contribution in [2.24, 2.45) is 0 Å². The Morgan fingerprint density at radius 2 is 1.77 bits per heavy atom. The molecule has 0 saturated carbocycles. The Morgan fingerprint density at radius 1 is 1.05 bits per heavy atom. The molecule has 4 heterocycles. The number of nitrogen functional groups attached to an aromatic ring is 1. The van der Waals surface area contributed by atoms with E-state index in [2.05, 4.69) is 37.1 Å². The lowest BCUT2D eigenvalue weighted by atomic mass is 10.0. The third-order valence-electron chi connectivity index (χ3n) is 7.35. The summed E-state index contributed by atoms with van der Waals surface area (Å²) in [6.07, 6.45) is 3.06. The van der Waals surface area contributed by atoms with Gasteiger partial charge >= 0.3 is 0 Å². The predicted molar refractivity (Wildman–Crippen MR) is 152 cm³/mol. The van der Waals surface area contributed by atoms with Crippen molar-refractivity contribution >= 4 is 46.8 Å². The highest BCUT2D eigenvalue weighted by Gasteiger charge is 2.35. The zero-order valence-electron chi connectivity index (χ0n) is 22.0. The van der Waals surface area contributed by atoms with Crippen molar-refractivity contribution in [2.45, 2.75) is 32.5 Å². The maximum absolute atomic E-state index is 13.3. The van der Waals surface area contributed by atoms with Gasteiger partial charge in [-0.15, -0.1) is 0 Å². The standard InChI is InChI=1S/C27H30Cl2N8O2/c1-15(19-11-23(31-12-21(19)28)36-8-6-35(3)7-9-36)33-25(38)16(2)37-14-18-5-4-17(10-20(18)26(37)39)24-22(29)13-32-27(30)34-24/h4-5,10-13,15-16H,6-9,14H2,1-3H3,(H,33,38)(H2,30,32,34)/t15-,16-/m1/s1. The average molecular weight is 569 g/mol. The molecule has 0 bridgehead atoms. The van der Waals surface area contributed by atoms with Crippen molar-refractivity contribution in [3.8, 4) is 11.3 Å². The molecule has 2 atom stereocenters. The van der Waals surface area contributed by atoms with Gasteiger partial charge in [-0.1, -0.05) is 35.3 Å². The Bertz CT molecular complexity index is 1430. The fourth-order valence-electron chi connectivity index (χ4n) is 4.90. The van der Waals surface area contributed by atoms with Crippen LogP contribution in [0.1, 0.15) is 41.4 Å². The molecule has 0 aliphatic carbocycles. The van der Waals surface area contributed by atoms with Crippen LogP contribution >= 0.6 is 23.2 Å². The van der Waals surface area contributed by atoms with E-state index in [0.29, 0.717) is 33.4 Å². The number of nitrogens with zero attached hydrogens (tertiary/aromatic N) is 6. The summed E-state index contributed by atoms with van der Waals surface area (Å²) in [4.78, 5) is 45.3. The number of benzene rings is 1. The van der Waals surface area contributed by atoms with Crippen LogP contribution in [0, 0.1) is 0 Å². The molecule has 0 radical (unpaired) electrons. The molecule has 0 spiro atoms. The first-order valence-corrected chi connectivity index (χ1v) is 13.5. The number of amides is 2. The highest BCUT2D eigenvalue weighted by molar-refractivity contribution is 6.33. The molecular weight excluding hydrogens is 539 g/mol. The minimum Gasteiger partial charge on any atom is -0.368 e. The molecule has 1 fully saturated rings. The van der Waals surface area contributed by atoms with Gasteiger partial charge in [-0.25, -0.2) is 15.0 Å². The van der Waals surface area contributed by atoms with E-state index in [1.165, 1.54) is 6.20 Å². The fourth-order valence-corrected chi connectivity index (χ4v) is 5.37. The van der Waals surface area contributed by atoms with Crippen LogP contribution in [-0.2, 0) is 11.3 Å². The molecule has 12 heteroatoms. The van der Waals surface area contributed by atoms with Crippen LogP contribution in [0.15, 0.2) is 36.7 Å². The number of hydrogen-bond donors (Lipinski definition) is 2. The Hall–Kier alpha value is -3.47. The second kappa shape index (κ2) is 11.0. The first-order valence-electron chi connectivity index (χ1n) is 12.7. The molecule has 2 aliphatic heterocycles. The summed E-state index contributed by atoms with van der Waals surface area (Å²) in [5, 5.41) is 3.84. The maximum Gasteiger partial charge on any atom is 0.255 e. The number of nitrogens with one attached hydrogen (secondary N) is 1. The van der Waals surface area contributed by atoms with E-state index in [1.807, 2.05) is 25.1 Å². The van der Waals surface area contributed by atoms with Gasteiger partial charge in [0.25, 0.3) is 5.91 Å². The summed E-state index contributed by atoms with van der Waals surface area (Å²) in [7, 11) is 2.10. The second-order valence-electron chi connectivity index (χ2n) is 9.99. The topological polar surface area (TPSA) is 121 Å². The number of halogens is 2. The summed E-state index contributed by atoms with van der Waals surface area (Å²) in [5.74, 6) is 0.416. The van der Waals surface area contributed by atoms with E-state index in [9.17, 15) is 9.59 Å². The normalized spacial score (nSPS) is 17.2. The van der Waals surface area contributed by atoms with Crippen LogP contribution in [0.25, 0.3) is 11.3 Å². The van der Waals surface area contributed by atoms with Crippen LogP contribution in [0.4, 0.5) is 11.8 Å². The summed E-state index contributed by atoms with van der Waals surface area (Å²) >= 11 is 12.7. The second-order valence-corrected chi connectivity index (χ2v) is 10.8. The van der Waals surface area contributed by atoms with Crippen molar-refractivity contribution in [3.63, 3.8) is 0 Å². The van der Waals surface area contributed by atoms with Crippen molar-refractivity contribution < 1.29 is 9.59 Å². The predicted octanol–water partition coefficient (Wildman–Crippen LogP) is 3.40. The Balaban J connectivity index is 1.29. The smallest absolute Gasteiger partial charge is 0.255 e. The van der Waals surface area contributed by atoms with Gasteiger partial charge in [0.1, 0.15) is 11.9 Å². The van der Waals surface area contributed by atoms with Gasteiger partial charge in [-0.05, 0) is 44.2 Å². The molecule has 3 N–H and O–H groups in total. The van der Waals surface area contributed by atoms with Crippen molar-refractivity contribution in [2.75, 3.05) is 43.9 Å². The van der Waals surface area contributed by atoms with E-state index in [4.69, 9.17) is 28.9 Å². The van der Waals surface area contributed by atoms with Crippen LogP contribution in [-0.4, -0.2) is 75.8 Å². The third-order valence-corrected chi connectivity index (χ3v) is 7.94. The number of nitrogens with two attached hydrogens (primary N) is 1. The molecule has 39 heavy (non-hydrogen) atoms. The van der Waals surface area contributed by atoms with Crippen LogP contribution < -0.4 is 16.0 Å². The molecular formula is C27H30Cl2N8O2. The number of pyridine rings is 1. The first kappa shape index (κ1) is 27.1. The van der Waals surface area contributed by atoms with E-state index in [0.717, 1.165) is 43.1 Å². The molecule has 5 rings (SSSR count). The number of fused-ring (bicyclic) bond motifs is 1. The van der Waals surface area contributed by atoms with Crippen LogP contribution in [0.3, 0.4) is 0 Å². The fraction of sp³-hybridized carbons (Fsp3) is 0.370.